The van der Waals surface area contributed by atoms with Crippen molar-refractivity contribution in [1.82, 2.24) is 8.61 Å². The number of hydrogen-bond donors (Lipinski definition) is 0. The van der Waals surface area contributed by atoms with Crippen LogP contribution >= 0.6 is 12.1 Å². The Bertz CT molecular complexity index is 919. The molecule has 4 amide bonds. The maximum Gasteiger partial charge on any atom is 0.273 e. The Morgan fingerprint density at radius 2 is 1.04 bits per heavy atom. The van der Waals surface area contributed by atoms with Crippen LogP contribution in [0, 0.1) is 13.8 Å². The molecule has 6 nitrogen and oxygen atoms in total. The second-order valence-electron chi connectivity index (χ2n) is 5.89. The average Bonchev–Trinajstić information content (AvgIpc) is 2.97. The summed E-state index contributed by atoms with van der Waals surface area (Å²) < 4.78 is 1.74. The van der Waals surface area contributed by atoms with E-state index < -0.39 is 23.6 Å². The zero-order chi connectivity index (χ0) is 17.9. The number of amides is 4. The molecule has 0 atom stereocenters. The molecule has 0 aromatic heterocycles. The molecule has 4 rings (SSSR count). The van der Waals surface area contributed by atoms with E-state index in [4.69, 9.17) is 0 Å². The molecule has 0 N–H and O–H groups in total. The van der Waals surface area contributed by atoms with Crippen molar-refractivity contribution < 1.29 is 19.2 Å². The summed E-state index contributed by atoms with van der Waals surface area (Å²) in [4.78, 5) is 50.3. The van der Waals surface area contributed by atoms with Gasteiger partial charge in [0.15, 0.2) is 0 Å². The van der Waals surface area contributed by atoms with Crippen LogP contribution in [0.4, 0.5) is 0 Å². The van der Waals surface area contributed by atoms with Crippen molar-refractivity contribution >= 4 is 35.8 Å². The highest BCUT2D eigenvalue weighted by molar-refractivity contribution is 7.97. The first-order chi connectivity index (χ1) is 11.9. The number of carbonyl (C=O) groups is 4. The second-order valence-corrected chi connectivity index (χ2v) is 6.78. The normalized spacial score (nSPS) is 15.9. The number of fused-ring (bicyclic) bond motifs is 2. The van der Waals surface area contributed by atoms with E-state index in [-0.39, 0.29) is 11.1 Å². The van der Waals surface area contributed by atoms with E-state index in [0.717, 1.165) is 8.61 Å². The fraction of sp³-hybridized carbons (Fsp3) is 0.111. The molecule has 2 heterocycles. The molecule has 0 bridgehead atoms. The predicted molar refractivity (Wildman–Crippen MR) is 90.9 cm³/mol. The third kappa shape index (κ3) is 2.05. The highest BCUT2D eigenvalue weighted by Gasteiger charge is 2.44. The van der Waals surface area contributed by atoms with Crippen LogP contribution in [0.15, 0.2) is 36.4 Å². The van der Waals surface area contributed by atoms with Gasteiger partial charge in [-0.05, 0) is 37.1 Å². The number of imide groups is 2. The number of nitrogens with zero attached hydrogens (tertiary/aromatic N) is 2. The highest BCUT2D eigenvalue weighted by Crippen LogP contribution is 2.36. The van der Waals surface area contributed by atoms with E-state index in [1.165, 1.54) is 0 Å². The molecule has 124 valence electrons. The zero-order valence-corrected chi connectivity index (χ0v) is 14.2. The number of benzene rings is 2. The molecule has 0 saturated heterocycles. The Balaban J connectivity index is 1.69. The second kappa shape index (κ2) is 5.29. The first kappa shape index (κ1) is 15.6. The van der Waals surface area contributed by atoms with Gasteiger partial charge in [0.05, 0.1) is 34.4 Å². The lowest BCUT2D eigenvalue weighted by Gasteiger charge is -2.18. The number of hydrogen-bond acceptors (Lipinski definition) is 5. The van der Waals surface area contributed by atoms with E-state index in [1.807, 2.05) is 0 Å². The Labute approximate surface area is 147 Å². The molecule has 0 unspecified atom stereocenters. The van der Waals surface area contributed by atoms with Gasteiger partial charge in [0.1, 0.15) is 0 Å². The molecule has 0 saturated carbocycles. The SMILES string of the molecule is Cc1cccc2c1C(=O)N(SN1C(=O)c3cccc(C)c3C1=O)C2=O. The Morgan fingerprint density at radius 1 is 0.640 bits per heavy atom. The van der Waals surface area contributed by atoms with Gasteiger partial charge in [-0.25, -0.2) is 0 Å². The minimum Gasteiger partial charge on any atom is -0.268 e. The molecule has 2 aliphatic heterocycles. The summed E-state index contributed by atoms with van der Waals surface area (Å²) >= 11 is 0.546. The van der Waals surface area contributed by atoms with Crippen LogP contribution in [0.25, 0.3) is 0 Å². The Kier molecular flexibility index (Phi) is 3.30. The predicted octanol–water partition coefficient (Wildman–Crippen LogP) is 2.76. The van der Waals surface area contributed by atoms with Crippen molar-refractivity contribution in [2.75, 3.05) is 0 Å². The van der Waals surface area contributed by atoms with Gasteiger partial charge in [0.2, 0.25) is 0 Å². The van der Waals surface area contributed by atoms with Gasteiger partial charge in [0.25, 0.3) is 23.6 Å². The summed E-state index contributed by atoms with van der Waals surface area (Å²) in [6, 6.07) is 10.00. The van der Waals surface area contributed by atoms with Gasteiger partial charge in [-0.3, -0.25) is 19.2 Å². The van der Waals surface area contributed by atoms with Gasteiger partial charge < -0.3 is 0 Å². The molecular formula is C18H12N2O4S. The molecule has 2 aliphatic rings. The lowest BCUT2D eigenvalue weighted by Crippen LogP contribution is -2.32. The first-order valence-corrected chi connectivity index (χ1v) is 8.29. The van der Waals surface area contributed by atoms with E-state index in [0.29, 0.717) is 34.4 Å². The summed E-state index contributed by atoms with van der Waals surface area (Å²) in [5.41, 5.74) is 2.55. The van der Waals surface area contributed by atoms with Gasteiger partial charge in [-0.1, -0.05) is 24.3 Å². The summed E-state index contributed by atoms with van der Waals surface area (Å²) in [5, 5.41) is 0. The monoisotopic (exact) mass is 352 g/mol. The van der Waals surface area contributed by atoms with E-state index >= 15 is 0 Å². The summed E-state index contributed by atoms with van der Waals surface area (Å²) in [6.07, 6.45) is 0. The van der Waals surface area contributed by atoms with Crippen LogP contribution in [0.1, 0.15) is 52.6 Å². The van der Waals surface area contributed by atoms with Gasteiger partial charge >= 0.3 is 0 Å². The van der Waals surface area contributed by atoms with Crippen LogP contribution in [-0.4, -0.2) is 32.2 Å². The quantitative estimate of drug-likeness (QED) is 0.614. The van der Waals surface area contributed by atoms with E-state index in [1.54, 1.807) is 50.2 Å². The van der Waals surface area contributed by atoms with Crippen molar-refractivity contribution in [3.8, 4) is 0 Å². The largest absolute Gasteiger partial charge is 0.273 e. The van der Waals surface area contributed by atoms with Crippen molar-refractivity contribution in [2.45, 2.75) is 13.8 Å². The average molecular weight is 352 g/mol. The molecule has 0 spiro atoms. The summed E-state index contributed by atoms with van der Waals surface area (Å²) in [5.74, 6) is -2.09. The van der Waals surface area contributed by atoms with Crippen LogP contribution in [-0.2, 0) is 0 Å². The third-order valence-corrected chi connectivity index (χ3v) is 5.33. The molecule has 2 aromatic carbocycles. The van der Waals surface area contributed by atoms with E-state index in [2.05, 4.69) is 0 Å². The molecule has 2 aromatic rings. The highest BCUT2D eigenvalue weighted by atomic mass is 32.2. The zero-order valence-electron chi connectivity index (χ0n) is 13.4. The number of aryl methyl sites for hydroxylation is 2. The maximum atomic E-state index is 12.6. The molecular weight excluding hydrogens is 340 g/mol. The van der Waals surface area contributed by atoms with Crippen LogP contribution < -0.4 is 0 Å². The minimum atomic E-state index is -0.526. The van der Waals surface area contributed by atoms with Gasteiger partial charge in [-0.15, -0.1) is 0 Å². The minimum absolute atomic E-state index is 0.283. The molecule has 25 heavy (non-hydrogen) atoms. The topological polar surface area (TPSA) is 74.8 Å². The van der Waals surface area contributed by atoms with Crippen LogP contribution in [0.2, 0.25) is 0 Å². The molecule has 0 aliphatic carbocycles. The standard InChI is InChI=1S/C18H12N2O4S/c1-9-5-3-7-11-13(9)17(23)19(15(11)21)25-20-16(22)12-8-4-6-10(2)14(12)18(20)24/h3-8H,1-2H3. The molecule has 0 fully saturated rings. The smallest absolute Gasteiger partial charge is 0.268 e. The third-order valence-electron chi connectivity index (χ3n) is 4.34. The van der Waals surface area contributed by atoms with Crippen molar-refractivity contribution in [3.63, 3.8) is 0 Å². The van der Waals surface area contributed by atoms with Crippen molar-refractivity contribution in [3.05, 3.63) is 69.8 Å². The van der Waals surface area contributed by atoms with Gasteiger partial charge in [0, 0.05) is 0 Å². The number of carbonyl (C=O) groups excluding carboxylic acids is 4. The van der Waals surface area contributed by atoms with Crippen molar-refractivity contribution in [2.24, 2.45) is 0 Å². The Hall–Kier alpha value is -2.93. The molecule has 7 heteroatoms. The maximum absolute atomic E-state index is 12.6. The fourth-order valence-electron chi connectivity index (χ4n) is 3.10. The summed E-state index contributed by atoms with van der Waals surface area (Å²) in [7, 11) is 0. The van der Waals surface area contributed by atoms with Gasteiger partial charge in [-0.2, -0.15) is 8.61 Å². The Morgan fingerprint density at radius 3 is 1.40 bits per heavy atom. The van der Waals surface area contributed by atoms with E-state index in [9.17, 15) is 19.2 Å². The van der Waals surface area contributed by atoms with Crippen molar-refractivity contribution in [1.29, 1.82) is 0 Å². The molecule has 0 radical (unpaired) electrons. The lowest BCUT2D eigenvalue weighted by molar-refractivity contribution is 0.0753. The van der Waals surface area contributed by atoms with Crippen LogP contribution in [0.5, 0.6) is 0 Å². The first-order valence-electron chi connectivity index (χ1n) is 7.56. The summed E-state index contributed by atoms with van der Waals surface area (Å²) in [6.45, 7) is 3.48. The fourth-order valence-corrected chi connectivity index (χ4v) is 3.94. The lowest BCUT2D eigenvalue weighted by atomic mass is 10.0. The van der Waals surface area contributed by atoms with Crippen LogP contribution in [0.3, 0.4) is 0 Å². The number of rotatable bonds is 2.